The summed E-state index contributed by atoms with van der Waals surface area (Å²) in [6.07, 6.45) is 5.79. The van der Waals surface area contributed by atoms with E-state index in [1.165, 1.54) is 0 Å². The first kappa shape index (κ1) is 9.72. The second-order valence-corrected chi connectivity index (χ2v) is 4.90. The van der Waals surface area contributed by atoms with Gasteiger partial charge in [-0.2, -0.15) is 0 Å². The van der Waals surface area contributed by atoms with Crippen LogP contribution < -0.4 is 5.73 Å². The summed E-state index contributed by atoms with van der Waals surface area (Å²) in [7, 11) is 0. The minimum Gasteiger partial charge on any atom is -0.325 e. The van der Waals surface area contributed by atoms with Crippen molar-refractivity contribution >= 4 is 6.29 Å². The molecule has 0 amide bonds. The summed E-state index contributed by atoms with van der Waals surface area (Å²) in [5.41, 5.74) is 6.31. The van der Waals surface area contributed by atoms with Crippen molar-refractivity contribution in [2.75, 3.05) is 0 Å². The van der Waals surface area contributed by atoms with Gasteiger partial charge in [0.05, 0.1) is 0 Å². The van der Waals surface area contributed by atoms with E-state index in [9.17, 15) is 4.79 Å². The Kier molecular flexibility index (Phi) is 2.57. The topological polar surface area (TPSA) is 43.1 Å². The first-order valence-corrected chi connectivity index (χ1v) is 4.70. The van der Waals surface area contributed by atoms with Gasteiger partial charge < -0.3 is 10.5 Å². The van der Waals surface area contributed by atoms with Gasteiger partial charge in [0.15, 0.2) is 0 Å². The fourth-order valence-corrected chi connectivity index (χ4v) is 1.79. The number of aldehydes is 1. The van der Waals surface area contributed by atoms with E-state index in [1.54, 1.807) is 0 Å². The second-order valence-electron chi connectivity index (χ2n) is 4.90. The third-order valence-electron chi connectivity index (χ3n) is 3.09. The third kappa shape index (κ3) is 2.31. The van der Waals surface area contributed by atoms with Crippen molar-refractivity contribution in [1.82, 2.24) is 0 Å². The van der Waals surface area contributed by atoms with E-state index in [4.69, 9.17) is 5.73 Å². The number of nitrogens with two attached hydrogens (primary N) is 1. The highest BCUT2D eigenvalue weighted by Gasteiger charge is 2.34. The predicted octanol–water partition coefficient (Wildman–Crippen LogP) is 1.87. The van der Waals surface area contributed by atoms with Crippen LogP contribution in [0.5, 0.6) is 0 Å². The molecule has 12 heavy (non-hydrogen) atoms. The van der Waals surface area contributed by atoms with Gasteiger partial charge in [0.1, 0.15) is 6.29 Å². The minimum atomic E-state index is -0.183. The van der Waals surface area contributed by atoms with E-state index in [2.05, 4.69) is 13.8 Å². The number of hydrogen-bond donors (Lipinski definition) is 1. The van der Waals surface area contributed by atoms with E-state index in [0.717, 1.165) is 32.0 Å². The molecule has 0 atom stereocenters. The van der Waals surface area contributed by atoms with E-state index in [1.807, 2.05) is 0 Å². The summed E-state index contributed by atoms with van der Waals surface area (Å²) in [6.45, 7) is 4.54. The molecule has 0 radical (unpaired) electrons. The lowest BCUT2D eigenvalue weighted by molar-refractivity contribution is -0.109. The molecule has 0 saturated heterocycles. The summed E-state index contributed by atoms with van der Waals surface area (Å²) in [4.78, 5) is 10.4. The van der Waals surface area contributed by atoms with Gasteiger partial charge in [0, 0.05) is 12.0 Å². The monoisotopic (exact) mass is 169 g/mol. The van der Waals surface area contributed by atoms with Crippen LogP contribution in [0.1, 0.15) is 46.0 Å². The molecule has 1 saturated carbocycles. The molecule has 0 aromatic carbocycles. The lowest BCUT2D eigenvalue weighted by atomic mass is 9.69. The van der Waals surface area contributed by atoms with Crippen molar-refractivity contribution in [2.45, 2.75) is 51.5 Å². The van der Waals surface area contributed by atoms with Gasteiger partial charge in [-0.3, -0.25) is 0 Å². The summed E-state index contributed by atoms with van der Waals surface area (Å²) >= 11 is 0. The zero-order chi connectivity index (χ0) is 9.24. The molecule has 1 fully saturated rings. The Morgan fingerprint density at radius 2 is 1.75 bits per heavy atom. The molecule has 0 heterocycles. The zero-order valence-electron chi connectivity index (χ0n) is 8.10. The molecule has 1 aliphatic carbocycles. The van der Waals surface area contributed by atoms with Gasteiger partial charge in [0.25, 0.3) is 0 Å². The van der Waals surface area contributed by atoms with Crippen LogP contribution in [-0.2, 0) is 4.79 Å². The van der Waals surface area contributed by atoms with Gasteiger partial charge in [-0.15, -0.1) is 0 Å². The lowest BCUT2D eigenvalue weighted by Gasteiger charge is -2.40. The van der Waals surface area contributed by atoms with Crippen molar-refractivity contribution < 1.29 is 4.79 Å². The van der Waals surface area contributed by atoms with Gasteiger partial charge in [-0.25, -0.2) is 0 Å². The average molecular weight is 169 g/mol. The van der Waals surface area contributed by atoms with Gasteiger partial charge in [0.2, 0.25) is 0 Å². The highest BCUT2D eigenvalue weighted by atomic mass is 16.1. The van der Waals surface area contributed by atoms with Crippen LogP contribution in [0.15, 0.2) is 0 Å². The van der Waals surface area contributed by atoms with Gasteiger partial charge in [-0.1, -0.05) is 13.8 Å². The Hall–Kier alpha value is -0.370. The van der Waals surface area contributed by atoms with Crippen molar-refractivity contribution in [3.63, 3.8) is 0 Å². The van der Waals surface area contributed by atoms with Crippen molar-refractivity contribution in [1.29, 1.82) is 0 Å². The SMILES string of the molecule is CC1(C)CCC(N)(CC=O)CC1. The fourth-order valence-electron chi connectivity index (χ4n) is 1.79. The molecule has 2 N–H and O–H groups in total. The number of rotatable bonds is 2. The molecule has 1 rings (SSSR count). The second kappa shape index (κ2) is 3.17. The Bertz CT molecular complexity index is 165. The molecule has 0 unspecified atom stereocenters. The summed E-state index contributed by atoms with van der Waals surface area (Å²) in [5.74, 6) is 0. The molecule has 2 nitrogen and oxygen atoms in total. The zero-order valence-corrected chi connectivity index (χ0v) is 8.10. The third-order valence-corrected chi connectivity index (χ3v) is 3.09. The number of hydrogen-bond acceptors (Lipinski definition) is 2. The molecule has 70 valence electrons. The molecular weight excluding hydrogens is 150 g/mol. The van der Waals surface area contributed by atoms with E-state index in [0.29, 0.717) is 11.8 Å². The van der Waals surface area contributed by atoms with Crippen LogP contribution in [0.4, 0.5) is 0 Å². The maximum absolute atomic E-state index is 10.4. The molecule has 2 heteroatoms. The Labute approximate surface area is 74.5 Å². The fraction of sp³-hybridized carbons (Fsp3) is 0.900. The maximum Gasteiger partial charge on any atom is 0.121 e. The standard InChI is InChI=1S/C10H19NO/c1-9(2)3-5-10(11,6-4-9)7-8-12/h8H,3-7,11H2,1-2H3. The Balaban J connectivity index is 2.49. The molecule has 0 aromatic heterocycles. The molecule has 0 spiro atoms. The molecule has 0 bridgehead atoms. The summed E-state index contributed by atoms with van der Waals surface area (Å²) in [6, 6.07) is 0. The predicted molar refractivity (Wildman–Crippen MR) is 49.8 cm³/mol. The van der Waals surface area contributed by atoms with Gasteiger partial charge >= 0.3 is 0 Å². The highest BCUT2D eigenvalue weighted by molar-refractivity contribution is 5.51. The summed E-state index contributed by atoms with van der Waals surface area (Å²) in [5, 5.41) is 0. The van der Waals surface area contributed by atoms with Crippen molar-refractivity contribution in [3.05, 3.63) is 0 Å². The quantitative estimate of drug-likeness (QED) is 0.641. The average Bonchev–Trinajstić information content (AvgIpc) is 1.98. The normalized spacial score (nSPS) is 26.6. The van der Waals surface area contributed by atoms with Crippen molar-refractivity contribution in [2.24, 2.45) is 11.1 Å². The summed E-state index contributed by atoms with van der Waals surface area (Å²) < 4.78 is 0. The van der Waals surface area contributed by atoms with Crippen molar-refractivity contribution in [3.8, 4) is 0 Å². The Morgan fingerprint density at radius 1 is 1.25 bits per heavy atom. The molecule has 1 aliphatic rings. The van der Waals surface area contributed by atoms with E-state index >= 15 is 0 Å². The van der Waals surface area contributed by atoms with Crippen LogP contribution in [0.3, 0.4) is 0 Å². The first-order valence-electron chi connectivity index (χ1n) is 4.70. The maximum atomic E-state index is 10.4. The van der Waals surface area contributed by atoms with Gasteiger partial charge in [-0.05, 0) is 31.1 Å². The number of carbonyl (C=O) groups excluding carboxylic acids is 1. The van der Waals surface area contributed by atoms with Crippen LogP contribution in [-0.4, -0.2) is 11.8 Å². The smallest absolute Gasteiger partial charge is 0.121 e. The van der Waals surface area contributed by atoms with Crippen LogP contribution in [0.25, 0.3) is 0 Å². The minimum absolute atomic E-state index is 0.183. The largest absolute Gasteiger partial charge is 0.325 e. The molecule has 0 aromatic rings. The van der Waals surface area contributed by atoms with E-state index < -0.39 is 0 Å². The lowest BCUT2D eigenvalue weighted by Crippen LogP contribution is -2.45. The van der Waals surface area contributed by atoms with E-state index in [-0.39, 0.29) is 5.54 Å². The van der Waals surface area contributed by atoms with Crippen LogP contribution in [0, 0.1) is 5.41 Å². The Morgan fingerprint density at radius 3 is 2.17 bits per heavy atom. The molecule has 0 aliphatic heterocycles. The highest BCUT2D eigenvalue weighted by Crippen LogP contribution is 2.39. The van der Waals surface area contributed by atoms with Crippen LogP contribution in [0.2, 0.25) is 0 Å². The van der Waals surface area contributed by atoms with Crippen LogP contribution >= 0.6 is 0 Å². The first-order chi connectivity index (χ1) is 5.47. The number of carbonyl (C=O) groups is 1. The molecular formula is C10H19NO.